The molecule has 4 aromatic rings. The van der Waals surface area contributed by atoms with Gasteiger partial charge in [0.15, 0.2) is 11.0 Å². The van der Waals surface area contributed by atoms with Crippen molar-refractivity contribution in [2.24, 2.45) is 0 Å². The van der Waals surface area contributed by atoms with E-state index in [0.717, 1.165) is 30.2 Å². The van der Waals surface area contributed by atoms with E-state index in [4.69, 9.17) is 0 Å². The molecular weight excluding hydrogens is 622 g/mol. The Labute approximate surface area is 214 Å². The molecule has 1 amide bonds. The Morgan fingerprint density at radius 3 is 2.44 bits per heavy atom. The Morgan fingerprint density at radius 1 is 1.06 bits per heavy atom. The number of nitrogens with one attached hydrogen (secondary N) is 1. The minimum Gasteiger partial charge on any atom is -0.323 e. The van der Waals surface area contributed by atoms with Crippen molar-refractivity contribution in [1.82, 2.24) is 19.7 Å². The van der Waals surface area contributed by atoms with Crippen molar-refractivity contribution in [2.75, 3.05) is 11.1 Å². The third-order valence-electron chi connectivity index (χ3n) is 4.42. The van der Waals surface area contributed by atoms with Crippen molar-refractivity contribution in [3.8, 4) is 17.1 Å². The number of hydrogen-bond donors (Lipinski definition) is 1. The zero-order valence-corrected chi connectivity index (χ0v) is 22.3. The number of anilines is 1. The van der Waals surface area contributed by atoms with Gasteiger partial charge >= 0.3 is 0 Å². The van der Waals surface area contributed by atoms with Gasteiger partial charge in [0.1, 0.15) is 0 Å². The second-order valence-electron chi connectivity index (χ2n) is 6.80. The second-order valence-corrected chi connectivity index (χ2v) is 10.4. The van der Waals surface area contributed by atoms with E-state index >= 15 is 0 Å². The van der Waals surface area contributed by atoms with Crippen LogP contribution in [0.3, 0.4) is 0 Å². The standard InChI is InChI=1S/C22H16Br3N5OS/c1-13-9-17(24)20(18(25)10-13)27-19(31)12-32-22-29-28-21(14-3-2-8-26-11-14)30(22)16-6-4-15(23)5-7-16/h2-11H,12H2,1H3,(H,27,31). The average molecular weight is 638 g/mol. The van der Waals surface area contributed by atoms with Crippen LogP contribution >= 0.6 is 59.6 Å². The SMILES string of the molecule is Cc1cc(Br)c(NC(=O)CSc2nnc(-c3cccnc3)n2-c2ccc(Br)cc2)c(Br)c1. The first-order valence-electron chi connectivity index (χ1n) is 9.42. The number of amides is 1. The molecule has 2 heterocycles. The predicted octanol–water partition coefficient (Wildman–Crippen LogP) is 6.66. The molecule has 0 bridgehead atoms. The van der Waals surface area contributed by atoms with Gasteiger partial charge in [0, 0.05) is 37.1 Å². The topological polar surface area (TPSA) is 72.7 Å². The van der Waals surface area contributed by atoms with Crippen LogP contribution in [0.15, 0.2) is 79.5 Å². The number of halogens is 3. The van der Waals surface area contributed by atoms with Crippen LogP contribution in [0.4, 0.5) is 5.69 Å². The van der Waals surface area contributed by atoms with Crippen molar-refractivity contribution >= 4 is 71.1 Å². The van der Waals surface area contributed by atoms with Gasteiger partial charge in [0.05, 0.1) is 11.4 Å². The Morgan fingerprint density at radius 2 is 1.78 bits per heavy atom. The molecule has 0 unspecified atom stereocenters. The molecule has 0 aliphatic rings. The lowest BCUT2D eigenvalue weighted by molar-refractivity contribution is -0.113. The number of hydrogen-bond acceptors (Lipinski definition) is 5. The van der Waals surface area contributed by atoms with Crippen LogP contribution in [0, 0.1) is 6.92 Å². The lowest BCUT2D eigenvalue weighted by Crippen LogP contribution is -2.15. The van der Waals surface area contributed by atoms with Crippen LogP contribution in [-0.2, 0) is 4.79 Å². The first-order chi connectivity index (χ1) is 15.4. The minimum atomic E-state index is -0.145. The maximum Gasteiger partial charge on any atom is 0.234 e. The van der Waals surface area contributed by atoms with Crippen LogP contribution < -0.4 is 5.32 Å². The average Bonchev–Trinajstić information content (AvgIpc) is 3.20. The molecule has 0 atom stereocenters. The molecule has 4 rings (SSSR count). The van der Waals surface area contributed by atoms with Crippen LogP contribution in [0.5, 0.6) is 0 Å². The van der Waals surface area contributed by atoms with E-state index in [1.54, 1.807) is 12.4 Å². The lowest BCUT2D eigenvalue weighted by atomic mass is 10.2. The third-order valence-corrected chi connectivity index (χ3v) is 7.13. The van der Waals surface area contributed by atoms with Gasteiger partial charge in [0.2, 0.25) is 5.91 Å². The van der Waals surface area contributed by atoms with E-state index in [1.165, 1.54) is 11.8 Å². The highest BCUT2D eigenvalue weighted by Gasteiger charge is 2.18. The van der Waals surface area contributed by atoms with E-state index in [-0.39, 0.29) is 11.7 Å². The number of carbonyl (C=O) groups excluding carboxylic acids is 1. The lowest BCUT2D eigenvalue weighted by Gasteiger charge is -2.12. The first-order valence-corrected chi connectivity index (χ1v) is 12.8. The molecule has 0 saturated carbocycles. The van der Waals surface area contributed by atoms with Gasteiger partial charge < -0.3 is 5.32 Å². The molecule has 2 aromatic carbocycles. The van der Waals surface area contributed by atoms with Crippen molar-refractivity contribution < 1.29 is 4.79 Å². The molecule has 0 aliphatic heterocycles. The molecule has 2 aromatic heterocycles. The quantitative estimate of drug-likeness (QED) is 0.240. The van der Waals surface area contributed by atoms with E-state index in [2.05, 4.69) is 68.3 Å². The maximum absolute atomic E-state index is 12.7. The summed E-state index contributed by atoms with van der Waals surface area (Å²) in [5, 5.41) is 12.3. The summed E-state index contributed by atoms with van der Waals surface area (Å²) in [6.07, 6.45) is 3.46. The molecule has 0 fully saturated rings. The number of pyridine rings is 1. The van der Waals surface area contributed by atoms with E-state index in [0.29, 0.717) is 16.7 Å². The molecule has 0 spiro atoms. The number of thioether (sulfide) groups is 1. The van der Waals surface area contributed by atoms with Gasteiger partial charge in [-0.1, -0.05) is 27.7 Å². The summed E-state index contributed by atoms with van der Waals surface area (Å²) >= 11 is 11.8. The fraction of sp³-hybridized carbons (Fsp3) is 0.0909. The molecule has 1 N–H and O–H groups in total. The summed E-state index contributed by atoms with van der Waals surface area (Å²) in [4.78, 5) is 16.9. The van der Waals surface area contributed by atoms with E-state index in [1.807, 2.05) is 60.0 Å². The Hall–Kier alpha value is -2.01. The van der Waals surface area contributed by atoms with Gasteiger partial charge in [-0.15, -0.1) is 10.2 Å². The molecule has 0 radical (unpaired) electrons. The molecular formula is C22H16Br3N5OS. The number of aromatic nitrogens is 4. The van der Waals surface area contributed by atoms with Gasteiger partial charge in [-0.2, -0.15) is 0 Å². The predicted molar refractivity (Wildman–Crippen MR) is 138 cm³/mol. The number of benzene rings is 2. The Bertz CT molecular complexity index is 1240. The number of carbonyl (C=O) groups is 1. The molecule has 0 saturated heterocycles. The van der Waals surface area contributed by atoms with Gasteiger partial charge in [-0.25, -0.2) is 0 Å². The summed E-state index contributed by atoms with van der Waals surface area (Å²) in [6.45, 7) is 1.99. The van der Waals surface area contributed by atoms with Crippen LogP contribution in [0.1, 0.15) is 5.56 Å². The molecule has 162 valence electrons. The van der Waals surface area contributed by atoms with Crippen molar-refractivity contribution in [3.63, 3.8) is 0 Å². The van der Waals surface area contributed by atoms with E-state index < -0.39 is 0 Å². The highest BCUT2D eigenvalue weighted by atomic mass is 79.9. The Kier molecular flexibility index (Phi) is 7.44. The summed E-state index contributed by atoms with van der Waals surface area (Å²) in [5.74, 6) is 0.690. The smallest absolute Gasteiger partial charge is 0.234 e. The van der Waals surface area contributed by atoms with Crippen molar-refractivity contribution in [1.29, 1.82) is 0 Å². The molecule has 32 heavy (non-hydrogen) atoms. The zero-order valence-electron chi connectivity index (χ0n) is 16.7. The molecule has 0 aliphatic carbocycles. The Balaban J connectivity index is 1.59. The maximum atomic E-state index is 12.7. The molecule has 10 heteroatoms. The van der Waals surface area contributed by atoms with E-state index in [9.17, 15) is 4.79 Å². The monoisotopic (exact) mass is 635 g/mol. The third kappa shape index (κ3) is 5.31. The van der Waals surface area contributed by atoms with Crippen LogP contribution in [0.2, 0.25) is 0 Å². The fourth-order valence-electron chi connectivity index (χ4n) is 2.99. The highest BCUT2D eigenvalue weighted by molar-refractivity contribution is 9.11. The van der Waals surface area contributed by atoms with Crippen LogP contribution in [0.25, 0.3) is 17.1 Å². The van der Waals surface area contributed by atoms with Crippen molar-refractivity contribution in [3.05, 3.63) is 79.9 Å². The summed E-state index contributed by atoms with van der Waals surface area (Å²) in [6, 6.07) is 15.5. The van der Waals surface area contributed by atoms with Crippen LogP contribution in [-0.4, -0.2) is 31.4 Å². The number of nitrogens with zero attached hydrogens (tertiary/aromatic N) is 4. The highest BCUT2D eigenvalue weighted by Crippen LogP contribution is 2.33. The normalized spacial score (nSPS) is 10.9. The summed E-state index contributed by atoms with van der Waals surface area (Å²) in [5.41, 5.74) is 3.52. The van der Waals surface area contributed by atoms with Gasteiger partial charge in [-0.3, -0.25) is 14.3 Å². The van der Waals surface area contributed by atoms with Gasteiger partial charge in [0.25, 0.3) is 0 Å². The summed E-state index contributed by atoms with van der Waals surface area (Å²) < 4.78 is 4.54. The zero-order chi connectivity index (χ0) is 22.7. The summed E-state index contributed by atoms with van der Waals surface area (Å²) in [7, 11) is 0. The number of rotatable bonds is 6. The number of aryl methyl sites for hydroxylation is 1. The molecule has 6 nitrogen and oxygen atoms in total. The largest absolute Gasteiger partial charge is 0.323 e. The fourth-order valence-corrected chi connectivity index (χ4v) is 5.62. The minimum absolute atomic E-state index is 0.145. The van der Waals surface area contributed by atoms with Crippen molar-refractivity contribution in [2.45, 2.75) is 12.1 Å². The van der Waals surface area contributed by atoms with Gasteiger partial charge in [-0.05, 0) is 92.9 Å². The first kappa shape index (κ1) is 23.2. The second kappa shape index (κ2) is 10.3.